The largest absolute Gasteiger partial charge is 0.392 e. The lowest BCUT2D eigenvalue weighted by Crippen LogP contribution is -2.30. The highest BCUT2D eigenvalue weighted by atomic mass is 35.5. The minimum Gasteiger partial charge on any atom is -0.392 e. The summed E-state index contributed by atoms with van der Waals surface area (Å²) in [6.45, 7) is 4.51. The summed E-state index contributed by atoms with van der Waals surface area (Å²) in [5.41, 5.74) is 3.67. The third-order valence-electron chi connectivity index (χ3n) is 3.65. The molecule has 17 heavy (non-hydrogen) atoms. The van der Waals surface area contributed by atoms with Crippen LogP contribution in [0.3, 0.4) is 0 Å². The third kappa shape index (κ3) is 2.56. The van der Waals surface area contributed by atoms with Gasteiger partial charge in [0, 0.05) is 5.38 Å². The first-order valence-electron chi connectivity index (χ1n) is 6.06. The Morgan fingerprint density at radius 3 is 2.53 bits per heavy atom. The molecule has 0 bridgehead atoms. The molecule has 0 spiro atoms. The van der Waals surface area contributed by atoms with Gasteiger partial charge in [0.25, 0.3) is 0 Å². The van der Waals surface area contributed by atoms with Crippen molar-refractivity contribution in [2.45, 2.75) is 32.1 Å². The molecular weight excluding hydrogens is 232 g/mol. The molecule has 1 aliphatic carbocycles. The molecule has 1 aliphatic rings. The number of hydrogen-bond acceptors (Lipinski definition) is 1. The zero-order chi connectivity index (χ0) is 12.5. The first-order valence-corrected chi connectivity index (χ1v) is 6.49. The smallest absolute Gasteiger partial charge is 0.0648 e. The summed E-state index contributed by atoms with van der Waals surface area (Å²) in [5.74, 6) is 0. The number of alkyl halides is 1. The summed E-state index contributed by atoms with van der Waals surface area (Å²) < 4.78 is 0. The van der Waals surface area contributed by atoms with E-state index in [4.69, 9.17) is 11.6 Å². The van der Waals surface area contributed by atoms with Gasteiger partial charge in [-0.05, 0) is 35.0 Å². The Hall–Kier alpha value is -0.790. The maximum Gasteiger partial charge on any atom is 0.0648 e. The summed E-state index contributed by atoms with van der Waals surface area (Å²) in [4.78, 5) is 0. The molecule has 1 N–H and O–H groups in total. The van der Waals surface area contributed by atoms with E-state index in [1.54, 1.807) is 0 Å². The van der Waals surface area contributed by atoms with Crippen LogP contribution in [0.4, 0.5) is 0 Å². The van der Waals surface area contributed by atoms with Crippen molar-refractivity contribution in [2.75, 3.05) is 6.61 Å². The fourth-order valence-corrected chi connectivity index (χ4v) is 2.68. The zero-order valence-corrected chi connectivity index (χ0v) is 11.2. The summed E-state index contributed by atoms with van der Waals surface area (Å²) in [6, 6.07) is 10.3. The zero-order valence-electron chi connectivity index (χ0n) is 10.4. The van der Waals surface area contributed by atoms with Gasteiger partial charge in [0.15, 0.2) is 0 Å². The Morgan fingerprint density at radius 1 is 1.29 bits per heavy atom. The lowest BCUT2D eigenvalue weighted by atomic mass is 9.72. The Morgan fingerprint density at radius 2 is 1.94 bits per heavy atom. The molecule has 1 atom stereocenters. The van der Waals surface area contributed by atoms with E-state index in [1.807, 2.05) is 18.2 Å². The van der Waals surface area contributed by atoms with Crippen LogP contribution in [0, 0.1) is 5.41 Å². The molecule has 2 heteroatoms. The average Bonchev–Trinajstić information content (AvgIpc) is 2.33. The molecule has 0 aliphatic heterocycles. The van der Waals surface area contributed by atoms with Gasteiger partial charge in [0.05, 0.1) is 6.61 Å². The van der Waals surface area contributed by atoms with Gasteiger partial charge in [-0.2, -0.15) is 0 Å². The lowest BCUT2D eigenvalue weighted by Gasteiger charge is -2.37. The molecule has 0 heterocycles. The van der Waals surface area contributed by atoms with Crippen LogP contribution in [-0.4, -0.2) is 17.1 Å². The van der Waals surface area contributed by atoms with Crippen LogP contribution in [0.15, 0.2) is 35.9 Å². The van der Waals surface area contributed by atoms with E-state index in [1.165, 1.54) is 11.1 Å². The first kappa shape index (κ1) is 12.7. The van der Waals surface area contributed by atoms with E-state index in [0.717, 1.165) is 18.4 Å². The van der Waals surface area contributed by atoms with Gasteiger partial charge in [0.2, 0.25) is 0 Å². The van der Waals surface area contributed by atoms with Gasteiger partial charge >= 0.3 is 0 Å². The van der Waals surface area contributed by atoms with Crippen LogP contribution in [-0.2, 0) is 0 Å². The van der Waals surface area contributed by atoms with E-state index in [-0.39, 0.29) is 17.4 Å². The van der Waals surface area contributed by atoms with E-state index in [9.17, 15) is 5.11 Å². The highest BCUT2D eigenvalue weighted by Crippen LogP contribution is 2.45. The lowest BCUT2D eigenvalue weighted by molar-refractivity contribution is 0.295. The fourth-order valence-electron chi connectivity index (χ4n) is 2.41. The molecule has 1 nitrogen and oxygen atoms in total. The molecule has 92 valence electrons. The topological polar surface area (TPSA) is 20.2 Å². The number of rotatable bonds is 2. The number of hydrogen-bond donors (Lipinski definition) is 1. The third-order valence-corrected chi connectivity index (χ3v) is 4.39. The predicted molar refractivity (Wildman–Crippen MR) is 73.1 cm³/mol. The van der Waals surface area contributed by atoms with Crippen molar-refractivity contribution >= 4 is 17.2 Å². The second-order valence-electron chi connectivity index (χ2n) is 5.44. The summed E-state index contributed by atoms with van der Waals surface area (Å²) in [6.07, 6.45) is 1.72. The van der Waals surface area contributed by atoms with Gasteiger partial charge in [-0.25, -0.2) is 0 Å². The van der Waals surface area contributed by atoms with Gasteiger partial charge in [0.1, 0.15) is 0 Å². The van der Waals surface area contributed by atoms with Gasteiger partial charge in [-0.3, -0.25) is 0 Å². The van der Waals surface area contributed by atoms with Crippen molar-refractivity contribution in [3.05, 3.63) is 41.5 Å². The standard InChI is InChI=1S/C15H19ClO/c1-15(2)9-13(11-6-4-3-5-7-11)12(10-17)8-14(15)16/h3-7,14,17H,8-10H2,1-2H3. The molecule has 2 rings (SSSR count). The van der Waals surface area contributed by atoms with Crippen molar-refractivity contribution < 1.29 is 5.11 Å². The molecule has 0 amide bonds. The maximum atomic E-state index is 9.49. The Bertz CT molecular complexity index is 420. The minimum atomic E-state index is 0.0887. The van der Waals surface area contributed by atoms with Crippen molar-refractivity contribution in [1.29, 1.82) is 0 Å². The van der Waals surface area contributed by atoms with Crippen LogP contribution in [0.25, 0.3) is 5.57 Å². The molecular formula is C15H19ClO. The second kappa shape index (κ2) is 4.83. The van der Waals surface area contributed by atoms with Crippen LogP contribution >= 0.6 is 11.6 Å². The van der Waals surface area contributed by atoms with Crippen molar-refractivity contribution in [3.63, 3.8) is 0 Å². The van der Waals surface area contributed by atoms with Crippen LogP contribution in [0.1, 0.15) is 32.3 Å². The minimum absolute atomic E-state index is 0.0887. The van der Waals surface area contributed by atoms with Crippen molar-refractivity contribution in [3.8, 4) is 0 Å². The number of aliphatic hydroxyl groups excluding tert-OH is 1. The van der Waals surface area contributed by atoms with Gasteiger partial charge < -0.3 is 5.11 Å². The summed E-state index contributed by atoms with van der Waals surface area (Å²) >= 11 is 6.39. The quantitative estimate of drug-likeness (QED) is 0.791. The van der Waals surface area contributed by atoms with Crippen LogP contribution in [0.5, 0.6) is 0 Å². The average molecular weight is 251 g/mol. The van der Waals surface area contributed by atoms with E-state index < -0.39 is 0 Å². The van der Waals surface area contributed by atoms with Gasteiger partial charge in [-0.15, -0.1) is 11.6 Å². The number of allylic oxidation sites excluding steroid dienone is 1. The molecule has 0 radical (unpaired) electrons. The van der Waals surface area contributed by atoms with Gasteiger partial charge in [-0.1, -0.05) is 44.2 Å². The molecule has 0 fully saturated rings. The molecule has 0 saturated heterocycles. The Kier molecular flexibility index (Phi) is 3.60. The molecule has 1 aromatic carbocycles. The maximum absolute atomic E-state index is 9.49. The highest BCUT2D eigenvalue weighted by molar-refractivity contribution is 6.21. The number of aliphatic hydroxyl groups is 1. The van der Waals surface area contributed by atoms with Crippen LogP contribution < -0.4 is 0 Å². The monoisotopic (exact) mass is 250 g/mol. The molecule has 0 aromatic heterocycles. The Labute approximate surface area is 108 Å². The summed E-state index contributed by atoms with van der Waals surface area (Å²) in [5, 5.41) is 9.60. The number of halogens is 1. The number of benzene rings is 1. The first-order chi connectivity index (χ1) is 8.04. The Balaban J connectivity index is 2.42. The predicted octanol–water partition coefficient (Wildman–Crippen LogP) is 3.86. The van der Waals surface area contributed by atoms with Crippen molar-refractivity contribution in [2.24, 2.45) is 5.41 Å². The molecule has 1 unspecified atom stereocenters. The molecule has 0 saturated carbocycles. The van der Waals surface area contributed by atoms with Crippen LogP contribution in [0.2, 0.25) is 0 Å². The normalized spacial score (nSPS) is 23.9. The fraction of sp³-hybridized carbons (Fsp3) is 0.467. The second-order valence-corrected chi connectivity index (χ2v) is 5.97. The van der Waals surface area contributed by atoms with Crippen molar-refractivity contribution in [1.82, 2.24) is 0 Å². The van der Waals surface area contributed by atoms with E-state index >= 15 is 0 Å². The SMILES string of the molecule is CC1(C)CC(c2ccccc2)=C(CO)CC1Cl. The highest BCUT2D eigenvalue weighted by Gasteiger charge is 2.35. The van der Waals surface area contributed by atoms with E-state index in [0.29, 0.717) is 0 Å². The molecule has 1 aromatic rings. The summed E-state index contributed by atoms with van der Waals surface area (Å²) in [7, 11) is 0. The van der Waals surface area contributed by atoms with E-state index in [2.05, 4.69) is 26.0 Å².